The number of nitrogens with one attached hydrogen (secondary N) is 1. The highest BCUT2D eigenvalue weighted by atomic mass is 19.1. The number of hydrogen-bond acceptors (Lipinski definition) is 2. The molecule has 0 radical (unpaired) electrons. The minimum atomic E-state index is -0.480. The van der Waals surface area contributed by atoms with Gasteiger partial charge in [-0.2, -0.15) is 0 Å². The zero-order chi connectivity index (χ0) is 14.5. The number of rotatable bonds is 4. The van der Waals surface area contributed by atoms with Crippen LogP contribution in [-0.2, 0) is 4.79 Å². The van der Waals surface area contributed by atoms with Crippen LogP contribution in [0.4, 0.5) is 10.1 Å². The summed E-state index contributed by atoms with van der Waals surface area (Å²) in [6.07, 6.45) is 0. The molecule has 0 bridgehead atoms. The fraction of sp³-hybridized carbons (Fsp3) is 0.188. The van der Waals surface area contributed by atoms with Gasteiger partial charge in [-0.25, -0.2) is 4.39 Å². The first kappa shape index (κ1) is 14.1. The standard InChI is InChI=1S/C16H16FNO2/c1-11-7-8-14(12(2)9-11)18-16(19)10-20-15-6-4-3-5-13(15)17/h3-9H,10H2,1-2H3,(H,18,19). The fourth-order valence-electron chi connectivity index (χ4n) is 1.85. The number of halogens is 1. The van der Waals surface area contributed by atoms with Crippen molar-refractivity contribution < 1.29 is 13.9 Å². The molecule has 0 aromatic heterocycles. The predicted molar refractivity (Wildman–Crippen MR) is 76.4 cm³/mol. The molecular formula is C16H16FNO2. The van der Waals surface area contributed by atoms with Gasteiger partial charge in [0.05, 0.1) is 0 Å². The number of benzene rings is 2. The van der Waals surface area contributed by atoms with Gasteiger partial charge in [-0.05, 0) is 37.6 Å². The van der Waals surface area contributed by atoms with E-state index in [9.17, 15) is 9.18 Å². The van der Waals surface area contributed by atoms with Crippen LogP contribution in [0.15, 0.2) is 42.5 Å². The molecule has 0 aliphatic heterocycles. The van der Waals surface area contributed by atoms with Gasteiger partial charge in [0.25, 0.3) is 5.91 Å². The van der Waals surface area contributed by atoms with Gasteiger partial charge in [-0.3, -0.25) is 4.79 Å². The Morgan fingerprint density at radius 1 is 1.20 bits per heavy atom. The third-order valence-electron chi connectivity index (χ3n) is 2.85. The van der Waals surface area contributed by atoms with Crippen molar-refractivity contribution in [3.63, 3.8) is 0 Å². The Morgan fingerprint density at radius 3 is 2.65 bits per heavy atom. The van der Waals surface area contributed by atoms with Crippen LogP contribution in [0.3, 0.4) is 0 Å². The quantitative estimate of drug-likeness (QED) is 0.926. The minimum Gasteiger partial charge on any atom is -0.481 e. The summed E-state index contributed by atoms with van der Waals surface area (Å²) in [5.41, 5.74) is 2.84. The zero-order valence-corrected chi connectivity index (χ0v) is 11.4. The molecule has 2 rings (SSSR count). The fourth-order valence-corrected chi connectivity index (χ4v) is 1.85. The van der Waals surface area contributed by atoms with Gasteiger partial charge < -0.3 is 10.1 Å². The molecule has 104 valence electrons. The molecule has 1 N–H and O–H groups in total. The molecule has 0 spiro atoms. The highest BCUT2D eigenvalue weighted by molar-refractivity contribution is 5.92. The number of amides is 1. The van der Waals surface area contributed by atoms with E-state index in [1.165, 1.54) is 12.1 Å². The van der Waals surface area contributed by atoms with E-state index in [0.29, 0.717) is 0 Å². The number of carbonyl (C=O) groups is 1. The topological polar surface area (TPSA) is 38.3 Å². The summed E-state index contributed by atoms with van der Waals surface area (Å²) >= 11 is 0. The normalized spacial score (nSPS) is 10.2. The van der Waals surface area contributed by atoms with Gasteiger partial charge in [0, 0.05) is 5.69 Å². The van der Waals surface area contributed by atoms with E-state index in [1.54, 1.807) is 12.1 Å². The average molecular weight is 273 g/mol. The third kappa shape index (κ3) is 3.57. The highest BCUT2D eigenvalue weighted by Crippen LogP contribution is 2.17. The Bertz CT molecular complexity index is 626. The van der Waals surface area contributed by atoms with E-state index >= 15 is 0 Å². The molecule has 0 unspecified atom stereocenters. The molecule has 1 amide bonds. The highest BCUT2D eigenvalue weighted by Gasteiger charge is 2.08. The van der Waals surface area contributed by atoms with Crippen LogP contribution in [0.5, 0.6) is 5.75 Å². The second kappa shape index (κ2) is 6.19. The molecule has 20 heavy (non-hydrogen) atoms. The van der Waals surface area contributed by atoms with Crippen LogP contribution in [0.1, 0.15) is 11.1 Å². The Kier molecular flexibility index (Phi) is 4.35. The molecule has 0 saturated carbocycles. The number of ether oxygens (including phenoxy) is 1. The van der Waals surface area contributed by atoms with Crippen molar-refractivity contribution in [1.29, 1.82) is 0 Å². The van der Waals surface area contributed by atoms with Crippen LogP contribution < -0.4 is 10.1 Å². The maximum absolute atomic E-state index is 13.3. The number of para-hydroxylation sites is 1. The summed E-state index contributed by atoms with van der Waals surface area (Å²) in [6, 6.07) is 11.7. The smallest absolute Gasteiger partial charge is 0.262 e. The lowest BCUT2D eigenvalue weighted by Gasteiger charge is -2.10. The maximum atomic E-state index is 13.3. The van der Waals surface area contributed by atoms with Gasteiger partial charge in [-0.1, -0.05) is 29.8 Å². The van der Waals surface area contributed by atoms with E-state index in [1.807, 2.05) is 32.0 Å². The summed E-state index contributed by atoms with van der Waals surface area (Å²) in [4.78, 5) is 11.8. The van der Waals surface area contributed by atoms with Crippen LogP contribution in [0.25, 0.3) is 0 Å². The molecule has 0 fully saturated rings. The Morgan fingerprint density at radius 2 is 1.95 bits per heavy atom. The zero-order valence-electron chi connectivity index (χ0n) is 11.4. The molecule has 2 aromatic carbocycles. The molecular weight excluding hydrogens is 257 g/mol. The van der Waals surface area contributed by atoms with E-state index in [0.717, 1.165) is 16.8 Å². The Hall–Kier alpha value is -2.36. The molecule has 3 nitrogen and oxygen atoms in total. The molecule has 0 aliphatic carbocycles. The van der Waals surface area contributed by atoms with Crippen LogP contribution >= 0.6 is 0 Å². The SMILES string of the molecule is Cc1ccc(NC(=O)COc2ccccc2F)c(C)c1. The summed E-state index contributed by atoms with van der Waals surface area (Å²) in [6.45, 7) is 3.68. The molecule has 0 aliphatic rings. The Balaban J connectivity index is 1.94. The lowest BCUT2D eigenvalue weighted by molar-refractivity contribution is -0.118. The summed E-state index contributed by atoms with van der Waals surface area (Å²) < 4.78 is 18.5. The maximum Gasteiger partial charge on any atom is 0.262 e. The third-order valence-corrected chi connectivity index (χ3v) is 2.85. The van der Waals surface area contributed by atoms with Gasteiger partial charge in [-0.15, -0.1) is 0 Å². The second-order valence-electron chi connectivity index (χ2n) is 4.59. The number of anilines is 1. The number of hydrogen-bond donors (Lipinski definition) is 1. The lowest BCUT2D eigenvalue weighted by atomic mass is 10.1. The average Bonchev–Trinajstić information content (AvgIpc) is 2.41. The molecule has 4 heteroatoms. The van der Waals surface area contributed by atoms with Crippen molar-refractivity contribution in [2.75, 3.05) is 11.9 Å². The van der Waals surface area contributed by atoms with Crippen LogP contribution in [0, 0.1) is 19.7 Å². The molecule has 0 atom stereocenters. The van der Waals surface area contributed by atoms with Gasteiger partial charge in [0.2, 0.25) is 0 Å². The van der Waals surface area contributed by atoms with Crippen molar-refractivity contribution in [3.05, 3.63) is 59.4 Å². The van der Waals surface area contributed by atoms with Crippen LogP contribution in [-0.4, -0.2) is 12.5 Å². The van der Waals surface area contributed by atoms with E-state index in [4.69, 9.17) is 4.74 Å². The summed E-state index contributed by atoms with van der Waals surface area (Å²) in [7, 11) is 0. The van der Waals surface area contributed by atoms with Crippen LogP contribution in [0.2, 0.25) is 0 Å². The van der Waals surface area contributed by atoms with Gasteiger partial charge >= 0.3 is 0 Å². The predicted octanol–water partition coefficient (Wildman–Crippen LogP) is 3.46. The molecule has 2 aromatic rings. The first-order chi connectivity index (χ1) is 9.56. The van der Waals surface area contributed by atoms with Gasteiger partial charge in [0.15, 0.2) is 18.2 Å². The largest absolute Gasteiger partial charge is 0.481 e. The lowest BCUT2D eigenvalue weighted by Crippen LogP contribution is -2.21. The van der Waals surface area contributed by atoms with Crippen molar-refractivity contribution in [2.45, 2.75) is 13.8 Å². The molecule has 0 heterocycles. The first-order valence-corrected chi connectivity index (χ1v) is 6.30. The summed E-state index contributed by atoms with van der Waals surface area (Å²) in [5, 5.41) is 2.74. The minimum absolute atomic E-state index is 0.0725. The molecule has 0 saturated heterocycles. The van der Waals surface area contributed by atoms with Gasteiger partial charge in [0.1, 0.15) is 0 Å². The van der Waals surface area contributed by atoms with E-state index in [2.05, 4.69) is 5.32 Å². The van der Waals surface area contributed by atoms with Crippen molar-refractivity contribution >= 4 is 11.6 Å². The number of carbonyl (C=O) groups excluding carboxylic acids is 1. The van der Waals surface area contributed by atoms with E-state index < -0.39 is 5.82 Å². The van der Waals surface area contributed by atoms with Crippen molar-refractivity contribution in [2.24, 2.45) is 0 Å². The first-order valence-electron chi connectivity index (χ1n) is 6.30. The monoisotopic (exact) mass is 273 g/mol. The van der Waals surface area contributed by atoms with Crippen molar-refractivity contribution in [3.8, 4) is 5.75 Å². The van der Waals surface area contributed by atoms with Crippen molar-refractivity contribution in [1.82, 2.24) is 0 Å². The Labute approximate surface area is 117 Å². The number of aryl methyl sites for hydroxylation is 2. The van der Waals surface area contributed by atoms with E-state index in [-0.39, 0.29) is 18.3 Å². The summed E-state index contributed by atoms with van der Waals surface area (Å²) in [5.74, 6) is -0.727. The second-order valence-corrected chi connectivity index (χ2v) is 4.59.